The normalized spacial score (nSPS) is 15.7. The number of aromatic nitrogens is 1. The molecule has 0 fully saturated rings. The van der Waals surface area contributed by atoms with Crippen LogP contribution in [-0.4, -0.2) is 9.81 Å². The summed E-state index contributed by atoms with van der Waals surface area (Å²) < 4.78 is 37.3. The fraction of sp³-hybridized carbons (Fsp3) is 0.545. The highest BCUT2D eigenvalue weighted by Gasteiger charge is 2.32. The Labute approximate surface area is 112 Å². The van der Waals surface area contributed by atoms with Crippen LogP contribution in [0.5, 0.6) is 0 Å². The second-order valence-corrected chi connectivity index (χ2v) is 5.39. The first-order chi connectivity index (χ1) is 7.77. The Kier molecular flexibility index (Phi) is 4.84. The molecular formula is C11H12BrClF3N. The second-order valence-electron chi connectivity index (χ2n) is 3.80. The largest absolute Gasteiger partial charge is 0.417 e. The average molecular weight is 331 g/mol. The van der Waals surface area contributed by atoms with Crippen LogP contribution in [0.4, 0.5) is 13.2 Å². The molecule has 0 amide bonds. The predicted octanol–water partition coefficient (Wildman–Crippen LogP) is 5.03. The Bertz CT molecular complexity index is 395. The van der Waals surface area contributed by atoms with Crippen LogP contribution in [0.1, 0.15) is 37.4 Å². The number of halogens is 5. The molecule has 6 heteroatoms. The zero-order valence-corrected chi connectivity index (χ0v) is 11.7. The minimum absolute atomic E-state index is 0.0326. The lowest BCUT2D eigenvalue weighted by Crippen LogP contribution is -2.12. The molecule has 17 heavy (non-hydrogen) atoms. The van der Waals surface area contributed by atoms with Gasteiger partial charge in [-0.05, 0) is 12.5 Å². The fourth-order valence-electron chi connectivity index (χ4n) is 1.46. The van der Waals surface area contributed by atoms with Gasteiger partial charge in [-0.1, -0.05) is 41.4 Å². The standard InChI is InChI=1S/C11H12BrClF3N/c1-3-8(12)6(2)10-9(13)4-7(5-17-10)11(14,15)16/h4-6,8H,3H2,1-2H3. The molecule has 0 saturated heterocycles. The van der Waals surface area contributed by atoms with Gasteiger partial charge in [0.15, 0.2) is 0 Å². The highest BCUT2D eigenvalue weighted by Crippen LogP contribution is 2.35. The average Bonchev–Trinajstić information content (AvgIpc) is 2.25. The maximum atomic E-state index is 12.4. The molecule has 1 aromatic heterocycles. The molecule has 1 heterocycles. The van der Waals surface area contributed by atoms with E-state index in [9.17, 15) is 13.2 Å². The molecule has 1 aromatic rings. The van der Waals surface area contributed by atoms with Crippen LogP contribution in [0.15, 0.2) is 12.3 Å². The van der Waals surface area contributed by atoms with E-state index in [4.69, 9.17) is 11.6 Å². The van der Waals surface area contributed by atoms with Gasteiger partial charge in [-0.2, -0.15) is 13.2 Å². The van der Waals surface area contributed by atoms with Gasteiger partial charge in [-0.3, -0.25) is 4.98 Å². The molecule has 0 spiro atoms. The minimum Gasteiger partial charge on any atom is -0.259 e. The van der Waals surface area contributed by atoms with Crippen molar-refractivity contribution in [3.63, 3.8) is 0 Å². The second kappa shape index (κ2) is 5.57. The van der Waals surface area contributed by atoms with E-state index in [1.165, 1.54) is 0 Å². The number of rotatable bonds is 3. The Hall–Kier alpha value is -0.290. The molecule has 0 aliphatic carbocycles. The molecule has 0 aliphatic heterocycles. The van der Waals surface area contributed by atoms with Crippen molar-refractivity contribution < 1.29 is 13.2 Å². The first-order valence-corrected chi connectivity index (χ1v) is 6.43. The Morgan fingerprint density at radius 1 is 1.47 bits per heavy atom. The molecule has 1 nitrogen and oxygen atoms in total. The lowest BCUT2D eigenvalue weighted by molar-refractivity contribution is -0.137. The quantitative estimate of drug-likeness (QED) is 0.708. The molecule has 96 valence electrons. The van der Waals surface area contributed by atoms with Crippen molar-refractivity contribution in [1.82, 2.24) is 4.98 Å². The summed E-state index contributed by atoms with van der Waals surface area (Å²) in [5, 5.41) is 0.0604. The highest BCUT2D eigenvalue weighted by atomic mass is 79.9. The summed E-state index contributed by atoms with van der Waals surface area (Å²) in [6.07, 6.45) is -2.73. The van der Waals surface area contributed by atoms with Crippen molar-refractivity contribution in [3.8, 4) is 0 Å². The predicted molar refractivity (Wildman–Crippen MR) is 65.7 cm³/mol. The molecule has 0 aromatic carbocycles. The van der Waals surface area contributed by atoms with Crippen molar-refractivity contribution in [2.24, 2.45) is 0 Å². The first-order valence-electron chi connectivity index (χ1n) is 5.14. The van der Waals surface area contributed by atoms with Crippen LogP contribution in [0.2, 0.25) is 5.02 Å². The third kappa shape index (κ3) is 3.58. The summed E-state index contributed by atoms with van der Waals surface area (Å²) in [6, 6.07) is 0.926. The van der Waals surface area contributed by atoms with Gasteiger partial charge < -0.3 is 0 Å². The summed E-state index contributed by atoms with van der Waals surface area (Å²) in [5.74, 6) is -0.0326. The van der Waals surface area contributed by atoms with Gasteiger partial charge in [0.05, 0.1) is 16.3 Å². The zero-order valence-electron chi connectivity index (χ0n) is 9.35. The van der Waals surface area contributed by atoms with E-state index in [1.807, 2.05) is 13.8 Å². The SMILES string of the molecule is CCC(Br)C(C)c1ncc(C(F)(F)F)cc1Cl. The van der Waals surface area contributed by atoms with Crippen LogP contribution in [0, 0.1) is 0 Å². The zero-order chi connectivity index (χ0) is 13.2. The van der Waals surface area contributed by atoms with Gasteiger partial charge in [-0.15, -0.1) is 0 Å². The van der Waals surface area contributed by atoms with E-state index in [1.54, 1.807) is 0 Å². The monoisotopic (exact) mass is 329 g/mol. The molecule has 2 atom stereocenters. The topological polar surface area (TPSA) is 12.9 Å². The van der Waals surface area contributed by atoms with Crippen molar-refractivity contribution in [1.29, 1.82) is 0 Å². The molecule has 1 rings (SSSR count). The molecule has 2 unspecified atom stereocenters. The fourth-order valence-corrected chi connectivity index (χ4v) is 2.05. The smallest absolute Gasteiger partial charge is 0.259 e. The van der Waals surface area contributed by atoms with Gasteiger partial charge in [-0.25, -0.2) is 0 Å². The number of pyridine rings is 1. The van der Waals surface area contributed by atoms with E-state index in [0.29, 0.717) is 5.69 Å². The van der Waals surface area contributed by atoms with E-state index >= 15 is 0 Å². The summed E-state index contributed by atoms with van der Waals surface area (Å²) in [4.78, 5) is 3.97. The lowest BCUT2D eigenvalue weighted by Gasteiger charge is -2.18. The van der Waals surface area contributed by atoms with Crippen LogP contribution in [0.3, 0.4) is 0 Å². The third-order valence-corrected chi connectivity index (χ3v) is 4.30. The molecule has 0 N–H and O–H groups in total. The number of nitrogens with zero attached hydrogens (tertiary/aromatic N) is 1. The van der Waals surface area contributed by atoms with Crippen molar-refractivity contribution in [2.75, 3.05) is 0 Å². The van der Waals surface area contributed by atoms with Gasteiger partial charge in [0.2, 0.25) is 0 Å². The molecule has 0 saturated carbocycles. The maximum Gasteiger partial charge on any atom is 0.417 e. The molecule has 0 bridgehead atoms. The molecule has 0 radical (unpaired) electrons. The highest BCUT2D eigenvalue weighted by molar-refractivity contribution is 9.09. The van der Waals surface area contributed by atoms with Crippen LogP contribution < -0.4 is 0 Å². The van der Waals surface area contributed by atoms with Crippen molar-refractivity contribution in [2.45, 2.75) is 37.2 Å². The van der Waals surface area contributed by atoms with E-state index in [-0.39, 0.29) is 15.8 Å². The van der Waals surface area contributed by atoms with Gasteiger partial charge in [0.25, 0.3) is 0 Å². The summed E-state index contributed by atoms with van der Waals surface area (Å²) in [5.41, 5.74) is -0.329. The summed E-state index contributed by atoms with van der Waals surface area (Å²) in [6.45, 7) is 3.86. The van der Waals surface area contributed by atoms with Crippen molar-refractivity contribution in [3.05, 3.63) is 28.5 Å². The van der Waals surface area contributed by atoms with Crippen LogP contribution in [0.25, 0.3) is 0 Å². The molecule has 0 aliphatic rings. The third-order valence-electron chi connectivity index (χ3n) is 2.56. The number of hydrogen-bond donors (Lipinski definition) is 0. The Morgan fingerprint density at radius 2 is 2.06 bits per heavy atom. The maximum absolute atomic E-state index is 12.4. The number of alkyl halides is 4. The number of hydrogen-bond acceptors (Lipinski definition) is 1. The lowest BCUT2D eigenvalue weighted by atomic mass is 10.0. The molecular weight excluding hydrogens is 318 g/mol. The van der Waals surface area contributed by atoms with Crippen LogP contribution in [-0.2, 0) is 6.18 Å². The van der Waals surface area contributed by atoms with E-state index in [2.05, 4.69) is 20.9 Å². The van der Waals surface area contributed by atoms with E-state index < -0.39 is 11.7 Å². The van der Waals surface area contributed by atoms with E-state index in [0.717, 1.165) is 18.7 Å². The first kappa shape index (κ1) is 14.8. The van der Waals surface area contributed by atoms with Gasteiger partial charge >= 0.3 is 6.18 Å². The summed E-state index contributed by atoms with van der Waals surface area (Å²) >= 11 is 9.30. The summed E-state index contributed by atoms with van der Waals surface area (Å²) in [7, 11) is 0. The van der Waals surface area contributed by atoms with Gasteiger partial charge in [0.1, 0.15) is 0 Å². The van der Waals surface area contributed by atoms with Crippen LogP contribution >= 0.6 is 27.5 Å². The Morgan fingerprint density at radius 3 is 2.47 bits per heavy atom. The minimum atomic E-state index is -4.41. The van der Waals surface area contributed by atoms with Crippen molar-refractivity contribution >= 4 is 27.5 Å². The Balaban J connectivity index is 3.06. The van der Waals surface area contributed by atoms with Gasteiger partial charge in [0, 0.05) is 16.9 Å².